The van der Waals surface area contributed by atoms with Crippen LogP contribution in [0.2, 0.25) is 5.02 Å². The summed E-state index contributed by atoms with van der Waals surface area (Å²) in [5.74, 6) is 0.442. The number of rotatable bonds is 12. The molecule has 2 aromatic carbocycles. The molecule has 12 nitrogen and oxygen atoms in total. The Morgan fingerprint density at radius 1 is 1.30 bits per heavy atom. The van der Waals surface area contributed by atoms with Crippen molar-refractivity contribution in [2.24, 2.45) is 5.10 Å². The number of carbonyl (C=O) groups excluding carboxylic acids is 2. The van der Waals surface area contributed by atoms with Gasteiger partial charge in [0.05, 0.1) is 41.0 Å². The fraction of sp³-hybridized carbons (Fsp3) is 0.308. The topological polar surface area (TPSA) is 164 Å². The number of halogens is 2. The zero-order chi connectivity index (χ0) is 29.2. The molecule has 2 amide bonds. The first-order valence-electron chi connectivity index (χ1n) is 11.9. The lowest BCUT2D eigenvalue weighted by Crippen LogP contribution is -2.45. The smallest absolute Gasteiger partial charge is 0.337 e. The van der Waals surface area contributed by atoms with E-state index < -0.39 is 24.3 Å². The van der Waals surface area contributed by atoms with Crippen LogP contribution >= 0.6 is 27.5 Å². The number of ether oxygens (including phenoxy) is 4. The molecule has 1 heterocycles. The van der Waals surface area contributed by atoms with E-state index >= 15 is 0 Å². The summed E-state index contributed by atoms with van der Waals surface area (Å²) < 4.78 is 22.2. The van der Waals surface area contributed by atoms with Gasteiger partial charge in [0.1, 0.15) is 12.7 Å². The lowest BCUT2D eigenvalue weighted by atomic mass is 9.95. The Kier molecular flexibility index (Phi) is 11.0. The lowest BCUT2D eigenvalue weighted by molar-refractivity contribution is -0.136. The van der Waals surface area contributed by atoms with Gasteiger partial charge in [-0.2, -0.15) is 10.4 Å². The van der Waals surface area contributed by atoms with Crippen LogP contribution in [0.1, 0.15) is 31.0 Å². The molecule has 0 fully saturated rings. The molecule has 40 heavy (non-hydrogen) atoms. The number of esters is 1. The summed E-state index contributed by atoms with van der Waals surface area (Å²) in [5, 5.41) is 28.6. The van der Waals surface area contributed by atoms with Gasteiger partial charge in [-0.05, 0) is 65.2 Å². The minimum atomic E-state index is -1.18. The Morgan fingerprint density at radius 2 is 2.08 bits per heavy atom. The van der Waals surface area contributed by atoms with Crippen molar-refractivity contribution >= 4 is 45.7 Å². The van der Waals surface area contributed by atoms with Crippen molar-refractivity contribution in [3.63, 3.8) is 0 Å². The van der Waals surface area contributed by atoms with Gasteiger partial charge in [0.15, 0.2) is 30.1 Å². The molecule has 1 aliphatic rings. The van der Waals surface area contributed by atoms with Crippen LogP contribution in [0.5, 0.6) is 17.2 Å². The van der Waals surface area contributed by atoms with Crippen molar-refractivity contribution in [1.29, 1.82) is 5.26 Å². The van der Waals surface area contributed by atoms with Crippen molar-refractivity contribution in [2.75, 3.05) is 26.9 Å². The van der Waals surface area contributed by atoms with E-state index in [0.717, 1.165) is 0 Å². The van der Waals surface area contributed by atoms with Crippen molar-refractivity contribution in [3.8, 4) is 23.3 Å². The Bertz CT molecular complexity index is 1340. The highest BCUT2D eigenvalue weighted by molar-refractivity contribution is 9.10. The maximum atomic E-state index is 12.4. The highest BCUT2D eigenvalue weighted by atomic mass is 79.9. The molecule has 0 saturated carbocycles. The van der Waals surface area contributed by atoms with Gasteiger partial charge in [0.25, 0.3) is 0 Å². The number of methoxy groups -OCH3 is 1. The van der Waals surface area contributed by atoms with Crippen molar-refractivity contribution < 1.29 is 33.6 Å². The average molecular weight is 637 g/mol. The molecule has 0 bridgehead atoms. The third kappa shape index (κ3) is 7.78. The number of nitrogens with one attached hydrogen (secondary N) is 3. The normalized spacial score (nSPS) is 15.5. The fourth-order valence-corrected chi connectivity index (χ4v) is 4.71. The standard InChI is InChI=1S/C26H27BrClN5O7/c1-4-38-20-11-16(23-22(25(35)37-3)14(2)31-26(36)32-23)5-6-19(20)40-13-21(34)33-30-12-15-9-17(27)24(18(28)10-15)39-8-7-29/h5-6,9-12,21,23,33-34H,4,8,13H2,1-3H3,(H2,31,32,36)/b30-12-/t21-,23-/m0/s1. The summed E-state index contributed by atoms with van der Waals surface area (Å²) in [6.07, 6.45) is 0.263. The first-order valence-corrected chi connectivity index (χ1v) is 13.1. The van der Waals surface area contributed by atoms with Gasteiger partial charge in [-0.15, -0.1) is 0 Å². The average Bonchev–Trinajstić information content (AvgIpc) is 2.91. The third-order valence-electron chi connectivity index (χ3n) is 5.41. The second-order valence-corrected chi connectivity index (χ2v) is 9.44. The Labute approximate surface area is 244 Å². The van der Waals surface area contributed by atoms with E-state index in [1.807, 2.05) is 6.07 Å². The van der Waals surface area contributed by atoms with Crippen LogP contribution in [-0.4, -0.2) is 56.5 Å². The Morgan fingerprint density at radius 3 is 2.75 bits per heavy atom. The second-order valence-electron chi connectivity index (χ2n) is 8.18. The number of hydrogen-bond donors (Lipinski definition) is 4. The molecule has 0 spiro atoms. The summed E-state index contributed by atoms with van der Waals surface area (Å²) in [4.78, 5) is 24.5. The van der Waals surface area contributed by atoms with E-state index in [-0.39, 0.29) is 23.8 Å². The lowest BCUT2D eigenvalue weighted by Gasteiger charge is -2.28. The number of hydrogen-bond acceptors (Lipinski definition) is 10. The molecule has 2 aromatic rings. The highest BCUT2D eigenvalue weighted by Gasteiger charge is 2.32. The predicted octanol–water partition coefficient (Wildman–Crippen LogP) is 3.53. The van der Waals surface area contributed by atoms with Crippen LogP contribution in [0.25, 0.3) is 0 Å². The Balaban J connectivity index is 1.68. The molecule has 1 aliphatic heterocycles. The van der Waals surface area contributed by atoms with Crippen molar-refractivity contribution in [2.45, 2.75) is 26.1 Å². The first kappa shape index (κ1) is 30.6. The van der Waals surface area contributed by atoms with E-state index in [4.69, 9.17) is 35.8 Å². The fourth-order valence-electron chi connectivity index (χ4n) is 3.72. The number of hydrazone groups is 1. The van der Waals surface area contributed by atoms with E-state index in [1.54, 1.807) is 44.2 Å². The molecule has 3 rings (SSSR count). The third-order valence-corrected chi connectivity index (χ3v) is 6.28. The number of aliphatic hydroxyl groups excluding tert-OH is 1. The van der Waals surface area contributed by atoms with E-state index in [1.165, 1.54) is 13.3 Å². The van der Waals surface area contributed by atoms with Gasteiger partial charge in [0.2, 0.25) is 0 Å². The van der Waals surface area contributed by atoms with Crippen LogP contribution in [0, 0.1) is 11.3 Å². The summed E-state index contributed by atoms with van der Waals surface area (Å²) in [5.41, 5.74) is 4.37. The van der Waals surface area contributed by atoms with Crippen LogP contribution in [0.15, 0.2) is 51.2 Å². The predicted molar refractivity (Wildman–Crippen MR) is 149 cm³/mol. The zero-order valence-corrected chi connectivity index (χ0v) is 24.1. The molecule has 14 heteroatoms. The zero-order valence-electron chi connectivity index (χ0n) is 21.8. The molecular formula is C26H27BrClN5O7. The number of benzene rings is 2. The molecule has 212 valence electrons. The molecule has 0 saturated heterocycles. The maximum absolute atomic E-state index is 12.4. The number of nitrogens with zero attached hydrogens (tertiary/aromatic N) is 2. The quantitative estimate of drug-likeness (QED) is 0.118. The molecular weight excluding hydrogens is 610 g/mol. The van der Waals surface area contributed by atoms with Crippen molar-refractivity contribution in [3.05, 3.63) is 62.2 Å². The van der Waals surface area contributed by atoms with Gasteiger partial charge in [-0.3, -0.25) is 5.43 Å². The monoisotopic (exact) mass is 635 g/mol. The molecule has 0 radical (unpaired) electrons. The van der Waals surface area contributed by atoms with Gasteiger partial charge in [0, 0.05) is 5.70 Å². The van der Waals surface area contributed by atoms with Gasteiger partial charge >= 0.3 is 12.0 Å². The van der Waals surface area contributed by atoms with Crippen LogP contribution in [0.3, 0.4) is 0 Å². The first-order chi connectivity index (χ1) is 19.2. The number of amides is 2. The highest BCUT2D eigenvalue weighted by Crippen LogP contribution is 2.35. The number of carbonyl (C=O) groups is 2. The van der Waals surface area contributed by atoms with Gasteiger partial charge in [-0.1, -0.05) is 17.7 Å². The minimum absolute atomic E-state index is 0.146. The van der Waals surface area contributed by atoms with Crippen molar-refractivity contribution in [1.82, 2.24) is 16.1 Å². The summed E-state index contributed by atoms with van der Waals surface area (Å²) in [6, 6.07) is 8.87. The van der Waals surface area contributed by atoms with Gasteiger partial charge < -0.3 is 34.7 Å². The number of aliphatic hydroxyl groups is 1. The summed E-state index contributed by atoms with van der Waals surface area (Å²) in [7, 11) is 1.26. The van der Waals surface area contributed by atoms with Gasteiger partial charge in [-0.25, -0.2) is 9.59 Å². The minimum Gasteiger partial charge on any atom is -0.490 e. The Hall–Kier alpha value is -3.99. The van der Waals surface area contributed by atoms with Crippen LogP contribution in [0.4, 0.5) is 4.79 Å². The second kappa shape index (κ2) is 14.4. The van der Waals surface area contributed by atoms with E-state index in [2.05, 4.69) is 37.1 Å². The molecule has 0 unspecified atom stereocenters. The molecule has 2 atom stereocenters. The largest absolute Gasteiger partial charge is 0.490 e. The van der Waals surface area contributed by atoms with Crippen LogP contribution < -0.4 is 30.3 Å². The number of allylic oxidation sites excluding steroid dienone is 1. The SMILES string of the molecule is CCOc1cc([C@@H]2NC(=O)NC(C)=C2C(=O)OC)ccc1OC[C@H](O)N/N=C\c1cc(Cl)c(OCC#N)c(Br)c1. The molecule has 0 aliphatic carbocycles. The van der Waals surface area contributed by atoms with E-state index in [0.29, 0.717) is 45.2 Å². The van der Waals surface area contributed by atoms with Crippen LogP contribution in [-0.2, 0) is 9.53 Å². The molecule has 0 aromatic heterocycles. The summed E-state index contributed by atoms with van der Waals surface area (Å²) in [6.45, 7) is 3.40. The molecule has 4 N–H and O–H groups in total. The number of nitriles is 1. The van der Waals surface area contributed by atoms with E-state index in [9.17, 15) is 14.7 Å². The number of urea groups is 1. The maximum Gasteiger partial charge on any atom is 0.337 e. The summed E-state index contributed by atoms with van der Waals surface area (Å²) >= 11 is 9.54.